The molecule has 2 atom stereocenters. The molecule has 0 bridgehead atoms. The van der Waals surface area contributed by atoms with Gasteiger partial charge < -0.3 is 10.6 Å². The normalized spacial score (nSPS) is 33.1. The fourth-order valence-electron chi connectivity index (χ4n) is 3.76. The van der Waals surface area contributed by atoms with E-state index < -0.39 is 0 Å². The van der Waals surface area contributed by atoms with Gasteiger partial charge in [0.25, 0.3) is 0 Å². The average molecular weight is 266 g/mol. The average Bonchev–Trinajstić information content (AvgIpc) is 2.66. The lowest BCUT2D eigenvalue weighted by molar-refractivity contribution is -0.127. The molecule has 0 spiro atoms. The molecule has 1 saturated carbocycles. The summed E-state index contributed by atoms with van der Waals surface area (Å²) in [6.07, 6.45) is 5.92. The van der Waals surface area contributed by atoms with Crippen molar-refractivity contribution in [3.8, 4) is 0 Å². The van der Waals surface area contributed by atoms with E-state index in [0.29, 0.717) is 6.04 Å². The lowest BCUT2D eigenvalue weighted by Crippen LogP contribution is -2.53. The van der Waals surface area contributed by atoms with Crippen molar-refractivity contribution in [1.29, 1.82) is 0 Å². The summed E-state index contributed by atoms with van der Waals surface area (Å²) < 4.78 is 0. The lowest BCUT2D eigenvalue weighted by atomic mass is 9.77. The summed E-state index contributed by atoms with van der Waals surface area (Å²) in [7, 11) is 0. The van der Waals surface area contributed by atoms with Crippen LogP contribution in [0.3, 0.4) is 0 Å². The van der Waals surface area contributed by atoms with E-state index in [9.17, 15) is 4.79 Å². The van der Waals surface area contributed by atoms with Gasteiger partial charge in [-0.1, -0.05) is 34.1 Å². The van der Waals surface area contributed by atoms with Gasteiger partial charge in [0.15, 0.2) is 0 Å². The van der Waals surface area contributed by atoms with Gasteiger partial charge >= 0.3 is 0 Å². The quantitative estimate of drug-likeness (QED) is 0.824. The Morgan fingerprint density at radius 2 is 1.84 bits per heavy atom. The topological polar surface area (TPSA) is 41.1 Å². The van der Waals surface area contributed by atoms with Crippen LogP contribution in [-0.4, -0.2) is 25.0 Å². The third-order valence-electron chi connectivity index (χ3n) is 5.39. The van der Waals surface area contributed by atoms with Crippen molar-refractivity contribution >= 4 is 5.91 Å². The minimum absolute atomic E-state index is 0.180. The van der Waals surface area contributed by atoms with E-state index in [2.05, 4.69) is 38.3 Å². The molecule has 1 saturated heterocycles. The summed E-state index contributed by atoms with van der Waals surface area (Å²) in [5.74, 6) is 0.477. The van der Waals surface area contributed by atoms with Crippen molar-refractivity contribution in [2.45, 2.75) is 65.8 Å². The van der Waals surface area contributed by atoms with Gasteiger partial charge in [-0.25, -0.2) is 0 Å². The summed E-state index contributed by atoms with van der Waals surface area (Å²) in [6.45, 7) is 10.9. The lowest BCUT2D eigenvalue weighted by Gasteiger charge is -2.40. The Bertz CT molecular complexity index is 336. The van der Waals surface area contributed by atoms with Crippen LogP contribution in [0.1, 0.15) is 59.8 Å². The molecule has 0 radical (unpaired) electrons. The summed E-state index contributed by atoms with van der Waals surface area (Å²) >= 11 is 0. The Balaban J connectivity index is 1.86. The summed E-state index contributed by atoms with van der Waals surface area (Å²) in [5.41, 5.74) is 0.469. The maximum Gasteiger partial charge on any atom is 0.223 e. The van der Waals surface area contributed by atoms with Crippen LogP contribution in [0.15, 0.2) is 0 Å². The molecule has 2 aliphatic rings. The molecular formula is C16H30N2O. The van der Waals surface area contributed by atoms with Crippen LogP contribution in [-0.2, 0) is 4.79 Å². The smallest absolute Gasteiger partial charge is 0.223 e. The molecule has 2 fully saturated rings. The molecule has 2 unspecified atom stereocenters. The second kappa shape index (κ2) is 5.43. The molecule has 1 aliphatic heterocycles. The van der Waals surface area contributed by atoms with Crippen LogP contribution in [0.25, 0.3) is 0 Å². The zero-order valence-electron chi connectivity index (χ0n) is 13.0. The molecular weight excluding hydrogens is 236 g/mol. The molecule has 3 heteroatoms. The largest absolute Gasteiger partial charge is 0.354 e. The summed E-state index contributed by atoms with van der Waals surface area (Å²) in [6, 6.07) is 0.412. The molecule has 2 N–H and O–H groups in total. The van der Waals surface area contributed by atoms with Gasteiger partial charge in [-0.05, 0) is 43.1 Å². The Hall–Kier alpha value is -0.570. The highest BCUT2D eigenvalue weighted by atomic mass is 16.1. The molecule has 0 aromatic rings. The number of nitrogens with one attached hydrogen (secondary N) is 2. The number of piperidine rings is 1. The molecule has 1 aliphatic carbocycles. The molecule has 19 heavy (non-hydrogen) atoms. The SMILES string of the molecule is CC1(C)CCCNC1CNC(=O)C1CCCC1(C)C. The van der Waals surface area contributed by atoms with Gasteiger partial charge in [-0.3, -0.25) is 4.79 Å². The van der Waals surface area contributed by atoms with E-state index in [4.69, 9.17) is 0 Å². The van der Waals surface area contributed by atoms with Gasteiger partial charge in [0, 0.05) is 18.5 Å². The Labute approximate surface area is 117 Å². The van der Waals surface area contributed by atoms with E-state index in [1.54, 1.807) is 0 Å². The van der Waals surface area contributed by atoms with E-state index in [1.807, 2.05) is 0 Å². The second-order valence-electron chi connectivity index (χ2n) is 7.78. The fourth-order valence-corrected chi connectivity index (χ4v) is 3.76. The molecule has 2 rings (SSSR count). The third-order valence-corrected chi connectivity index (χ3v) is 5.39. The van der Waals surface area contributed by atoms with Crippen LogP contribution < -0.4 is 10.6 Å². The van der Waals surface area contributed by atoms with E-state index in [0.717, 1.165) is 19.5 Å². The number of rotatable bonds is 3. The second-order valence-corrected chi connectivity index (χ2v) is 7.78. The maximum atomic E-state index is 12.4. The number of carbonyl (C=O) groups is 1. The van der Waals surface area contributed by atoms with Gasteiger partial charge in [-0.15, -0.1) is 0 Å². The standard InChI is InChI=1S/C16H30N2O/c1-15(2)8-5-7-12(15)14(19)18-11-13-16(3,4)9-6-10-17-13/h12-13,17H,5-11H2,1-4H3,(H,18,19). The first-order valence-corrected chi connectivity index (χ1v) is 7.84. The van der Waals surface area contributed by atoms with E-state index in [-0.39, 0.29) is 22.7 Å². The third kappa shape index (κ3) is 3.31. The first kappa shape index (κ1) is 14.8. The predicted molar refractivity (Wildman–Crippen MR) is 78.9 cm³/mol. The first-order chi connectivity index (χ1) is 8.83. The minimum atomic E-state index is 0.180. The van der Waals surface area contributed by atoms with Crippen LogP contribution in [0.4, 0.5) is 0 Å². The van der Waals surface area contributed by atoms with Crippen molar-refractivity contribution in [2.24, 2.45) is 16.7 Å². The van der Waals surface area contributed by atoms with E-state index >= 15 is 0 Å². The molecule has 0 aromatic heterocycles. The predicted octanol–water partition coefficient (Wildman–Crippen LogP) is 2.71. The summed E-state index contributed by atoms with van der Waals surface area (Å²) in [5, 5.41) is 6.77. The fraction of sp³-hybridized carbons (Fsp3) is 0.938. The highest BCUT2D eigenvalue weighted by Crippen LogP contribution is 2.42. The van der Waals surface area contributed by atoms with Crippen molar-refractivity contribution in [2.75, 3.05) is 13.1 Å². The minimum Gasteiger partial charge on any atom is -0.354 e. The van der Waals surface area contributed by atoms with Crippen LogP contribution in [0, 0.1) is 16.7 Å². The van der Waals surface area contributed by atoms with Crippen LogP contribution in [0.2, 0.25) is 0 Å². The van der Waals surface area contributed by atoms with Gasteiger partial charge in [0.2, 0.25) is 5.91 Å². The molecule has 110 valence electrons. The molecule has 1 amide bonds. The van der Waals surface area contributed by atoms with Crippen molar-refractivity contribution in [3.05, 3.63) is 0 Å². The van der Waals surface area contributed by atoms with Crippen LogP contribution >= 0.6 is 0 Å². The highest BCUT2D eigenvalue weighted by molar-refractivity contribution is 5.79. The highest BCUT2D eigenvalue weighted by Gasteiger charge is 2.40. The van der Waals surface area contributed by atoms with Gasteiger partial charge in [0.1, 0.15) is 0 Å². The number of carbonyl (C=O) groups excluding carboxylic acids is 1. The molecule has 3 nitrogen and oxygen atoms in total. The molecule has 1 heterocycles. The summed E-state index contributed by atoms with van der Waals surface area (Å²) in [4.78, 5) is 12.4. The molecule has 0 aromatic carbocycles. The maximum absolute atomic E-state index is 12.4. The number of hydrogen-bond acceptors (Lipinski definition) is 2. The monoisotopic (exact) mass is 266 g/mol. The van der Waals surface area contributed by atoms with Crippen molar-refractivity contribution < 1.29 is 4.79 Å². The Morgan fingerprint density at radius 1 is 1.16 bits per heavy atom. The van der Waals surface area contributed by atoms with Crippen LogP contribution in [0.5, 0.6) is 0 Å². The van der Waals surface area contributed by atoms with Crippen molar-refractivity contribution in [1.82, 2.24) is 10.6 Å². The number of amides is 1. The Kier molecular flexibility index (Phi) is 4.24. The zero-order valence-corrected chi connectivity index (χ0v) is 13.0. The van der Waals surface area contributed by atoms with Gasteiger partial charge in [-0.2, -0.15) is 0 Å². The first-order valence-electron chi connectivity index (χ1n) is 7.84. The van der Waals surface area contributed by atoms with Gasteiger partial charge in [0.05, 0.1) is 0 Å². The van der Waals surface area contributed by atoms with Crippen molar-refractivity contribution in [3.63, 3.8) is 0 Å². The zero-order chi connectivity index (χ0) is 14.1. The van der Waals surface area contributed by atoms with E-state index in [1.165, 1.54) is 25.7 Å². The Morgan fingerprint density at radius 3 is 2.42 bits per heavy atom. The number of hydrogen-bond donors (Lipinski definition) is 2.